The van der Waals surface area contributed by atoms with Crippen LogP contribution in [-0.4, -0.2) is 133 Å². The van der Waals surface area contributed by atoms with Crippen LogP contribution in [0.25, 0.3) is 11.0 Å². The van der Waals surface area contributed by atoms with Crippen molar-refractivity contribution < 1.29 is 67.0 Å². The fourth-order valence-corrected chi connectivity index (χ4v) is 16.9. The number of phosphoric ester groups is 1. The molecule has 16 atom stereocenters. The van der Waals surface area contributed by atoms with Gasteiger partial charge in [0.1, 0.15) is 18.3 Å². The van der Waals surface area contributed by atoms with Crippen molar-refractivity contribution in [2.75, 3.05) is 13.2 Å². The van der Waals surface area contributed by atoms with Crippen molar-refractivity contribution in [1.29, 1.82) is 0 Å². The summed E-state index contributed by atoms with van der Waals surface area (Å²) in [7, 11) is -5.06. The van der Waals surface area contributed by atoms with E-state index in [0.717, 1.165) is 11.1 Å². The molecule has 0 spiro atoms. The molecule has 1 aromatic heterocycles. The fourth-order valence-electron chi connectivity index (χ4n) is 15.8. The summed E-state index contributed by atoms with van der Waals surface area (Å²) in [5.41, 5.74) is 37.5. The van der Waals surface area contributed by atoms with Gasteiger partial charge in [0.05, 0.1) is 47.7 Å². The van der Waals surface area contributed by atoms with Crippen LogP contribution in [0.5, 0.6) is 0 Å². The first-order valence-corrected chi connectivity index (χ1v) is 32.2. The van der Waals surface area contributed by atoms with Gasteiger partial charge in [-0.05, 0) is 113 Å². The second kappa shape index (κ2) is 25.7. The maximum atomic E-state index is 14.4. The molecule has 0 saturated carbocycles. The highest BCUT2D eigenvalue weighted by molar-refractivity contribution is 7.47. The molecule has 6 aliphatic heterocycles. The van der Waals surface area contributed by atoms with Crippen LogP contribution in [-0.2, 0) is 51.9 Å². The van der Waals surface area contributed by atoms with Crippen LogP contribution in [0.4, 0.5) is 0 Å². The Balaban J connectivity index is 1.19. The lowest BCUT2D eigenvalue weighted by molar-refractivity contribution is -0.124. The number of carbonyl (C=O) groups excluding carboxylic acids is 7. The van der Waals surface area contributed by atoms with Gasteiger partial charge in [0.2, 0.25) is 41.4 Å². The molecule has 27 nitrogen and oxygen atoms in total. The van der Waals surface area contributed by atoms with E-state index in [2.05, 4.69) is 20.9 Å². The summed E-state index contributed by atoms with van der Waals surface area (Å²) in [5.74, 6) is -6.92. The number of aliphatic hydroxyl groups excluding tert-OH is 2. The number of rotatable bonds is 26. The smallest absolute Gasteiger partial charge is 0.394 e. The first-order chi connectivity index (χ1) is 41.8. The van der Waals surface area contributed by atoms with E-state index >= 15 is 0 Å². The van der Waals surface area contributed by atoms with Crippen molar-refractivity contribution in [3.8, 4) is 0 Å². The zero-order valence-electron chi connectivity index (χ0n) is 53.4. The standard InChI is InChI=1S/C62H92N13O14P/c1-29-20-39-40(21-30(29)2)75(28-70-39)57-52(84)53(41(27-76)87-57)89-90(85,86)88-31(3)26-69-49(83)18-19-59(8)37(22-46(66)80)56-62(11)61(10,25-48(68)82)36(14-17-45(65)79)51(74-62)33(5)55-60(9,24-47(67)81)34(12-15-43(63)77)38(71-55)23-42-58(6,7)35(13-16-44(64)78)50(72-42)32(4)54(59)73-56/h20-21,23,28,31,34-37,41-42,52-53,56-57,71-72,76,84H,12-19,22,24-27H2,1-11H3,(H2,63,77)(H2,64,78)(H2,65,79)(H2,66,80)(H2,67,81)(H2,68,82)(H,69,83)(H,85,86)/b38-23-,50-32-,55-33-/t31-,34-,35-,36-,37+,41-,42?,52-,53-,56-,57+,59-,60+,61+,62+/m1/s1. The van der Waals surface area contributed by atoms with Crippen molar-refractivity contribution in [3.63, 3.8) is 0 Å². The van der Waals surface area contributed by atoms with Gasteiger partial charge in [0.25, 0.3) is 0 Å². The Labute approximate surface area is 524 Å². The van der Waals surface area contributed by atoms with Crippen molar-refractivity contribution in [2.45, 2.75) is 195 Å². The second-order valence-corrected chi connectivity index (χ2v) is 28.7. The van der Waals surface area contributed by atoms with Gasteiger partial charge in [0, 0.05) is 120 Å². The number of nitrogens with zero attached hydrogens (tertiary/aromatic N) is 4. The van der Waals surface area contributed by atoms with Gasteiger partial charge in [-0.25, -0.2) is 9.55 Å². The summed E-state index contributed by atoms with van der Waals surface area (Å²) >= 11 is 0. The van der Waals surface area contributed by atoms with Gasteiger partial charge < -0.3 is 74.8 Å². The van der Waals surface area contributed by atoms with Crippen LogP contribution >= 0.6 is 7.82 Å². The van der Waals surface area contributed by atoms with Crippen LogP contribution in [0.1, 0.15) is 150 Å². The number of allylic oxidation sites excluding steroid dienone is 5. The van der Waals surface area contributed by atoms with Gasteiger partial charge in [0.15, 0.2) is 6.23 Å². The number of aryl methyl sites for hydroxylation is 2. The number of aliphatic hydroxyl groups is 2. The molecule has 8 rings (SSSR count). The largest absolute Gasteiger partial charge is 0.472 e. The Bertz CT molecular complexity index is 3470. The summed E-state index contributed by atoms with van der Waals surface area (Å²) < 4.78 is 32.3. The zero-order chi connectivity index (χ0) is 66.7. The van der Waals surface area contributed by atoms with E-state index in [1.165, 1.54) is 13.3 Å². The molecule has 2 unspecified atom stereocenters. The molecule has 28 heteroatoms. The average molecular weight is 1270 g/mol. The highest BCUT2D eigenvalue weighted by atomic mass is 31.2. The fraction of sp³-hybridized carbons (Fsp3) is 0.645. The highest BCUT2D eigenvalue weighted by Crippen LogP contribution is 2.63. The monoisotopic (exact) mass is 1270 g/mol. The molecular weight excluding hydrogens is 1180 g/mol. The minimum atomic E-state index is -5.06. The third-order valence-corrected chi connectivity index (χ3v) is 22.1. The SMILES string of the molecule is C/C1=C2/NC(/C=C3\N/C(=C(/C)C4=N[C@@](C)([C@@H]5N=C1[C@](C)(CCC(=O)NC[C@@H](C)OP(=O)(O)O[C@H]1[C@@H](O)[C@@H](n6cnc7cc(C)c(C)cc76)O[C@@H]1CO)[C@H]5CC(N)=O)[C@@](C)(CC(N)=O)[C@@H]4CCC(N)=O)[C@@](C)(CC(N)=O)[C@@H]3CCC(N)=O)C(C)(C)[C@@H]2CCC(N)=O. The van der Waals surface area contributed by atoms with Gasteiger partial charge in [-0.15, -0.1) is 0 Å². The van der Waals surface area contributed by atoms with E-state index in [4.69, 9.17) is 58.2 Å². The molecule has 0 aliphatic carbocycles. The molecule has 1 aromatic carbocycles. The number of nitrogens with one attached hydrogen (secondary N) is 3. The number of carbonyl (C=O) groups is 7. The normalized spacial score (nSPS) is 35.0. The van der Waals surface area contributed by atoms with Crippen LogP contribution in [0.3, 0.4) is 0 Å². The summed E-state index contributed by atoms with van der Waals surface area (Å²) in [4.78, 5) is 120. The van der Waals surface area contributed by atoms with Gasteiger partial charge in [-0.2, -0.15) is 0 Å². The van der Waals surface area contributed by atoms with E-state index in [9.17, 15) is 53.2 Å². The molecule has 0 radical (unpaired) electrons. The third-order valence-electron chi connectivity index (χ3n) is 20.9. The Morgan fingerprint density at radius 1 is 0.800 bits per heavy atom. The number of nitrogens with two attached hydrogens (primary N) is 6. The van der Waals surface area contributed by atoms with Crippen molar-refractivity contribution in [2.24, 2.45) is 89.7 Å². The van der Waals surface area contributed by atoms with Gasteiger partial charge >= 0.3 is 7.82 Å². The highest BCUT2D eigenvalue weighted by Gasteiger charge is 2.66. The minimum Gasteiger partial charge on any atom is -0.394 e. The lowest BCUT2D eigenvalue weighted by atomic mass is 9.55. The van der Waals surface area contributed by atoms with Gasteiger partial charge in [-0.1, -0.05) is 34.6 Å². The molecule has 2 aromatic rings. The molecule has 3 fully saturated rings. The van der Waals surface area contributed by atoms with Crippen molar-refractivity contribution in [3.05, 3.63) is 63.9 Å². The maximum Gasteiger partial charge on any atom is 0.472 e. The molecule has 6 aliphatic rings. The number of amides is 7. The summed E-state index contributed by atoms with van der Waals surface area (Å²) in [6.45, 7) is 19.5. The number of ether oxygens (including phenoxy) is 1. The van der Waals surface area contributed by atoms with E-state index in [0.29, 0.717) is 50.7 Å². The van der Waals surface area contributed by atoms with E-state index < -0.39 is 149 Å². The van der Waals surface area contributed by atoms with Crippen LogP contribution < -0.4 is 50.4 Å². The third kappa shape index (κ3) is 13.0. The van der Waals surface area contributed by atoms with E-state index in [1.54, 1.807) is 4.57 Å². The second-order valence-electron chi connectivity index (χ2n) is 27.4. The van der Waals surface area contributed by atoms with Crippen LogP contribution in [0.2, 0.25) is 0 Å². The molecule has 7 heterocycles. The number of benzene rings is 1. The molecular formula is C62H92N13O14P. The molecule has 18 N–H and O–H groups in total. The van der Waals surface area contributed by atoms with Crippen molar-refractivity contribution >= 4 is 71.6 Å². The average Bonchev–Trinajstić information content (AvgIpc) is 1.53. The number of primary amides is 6. The summed E-state index contributed by atoms with van der Waals surface area (Å²) in [5, 5.41) is 32.1. The molecule has 7 amide bonds. The molecule has 90 heavy (non-hydrogen) atoms. The quantitative estimate of drug-likeness (QED) is 0.0602. The predicted molar refractivity (Wildman–Crippen MR) is 333 cm³/mol. The number of hydrogen-bond acceptors (Lipinski definition) is 18. The van der Waals surface area contributed by atoms with E-state index in [1.807, 2.05) is 87.4 Å². The Morgan fingerprint density at radius 2 is 1.40 bits per heavy atom. The van der Waals surface area contributed by atoms with E-state index in [-0.39, 0.29) is 77.2 Å². The van der Waals surface area contributed by atoms with Crippen LogP contribution in [0.15, 0.2) is 62.8 Å². The zero-order valence-corrected chi connectivity index (χ0v) is 54.3. The van der Waals surface area contributed by atoms with Crippen molar-refractivity contribution in [1.82, 2.24) is 25.5 Å². The number of fused-ring (bicyclic) bond motifs is 8. The Morgan fingerprint density at radius 3 is 1.99 bits per heavy atom. The molecule has 494 valence electrons. The molecule has 8 bridgehead atoms. The number of hydrogen-bond donors (Lipinski definition) is 12. The molecule has 3 saturated heterocycles. The number of imidazole rings is 1. The predicted octanol–water partition coefficient (Wildman–Crippen LogP) is 2.68. The minimum absolute atomic E-state index is 0.00722. The Hall–Kier alpha value is -6.87. The van der Waals surface area contributed by atoms with Gasteiger partial charge in [-0.3, -0.25) is 52.6 Å². The first kappa shape index (κ1) is 69.0. The number of aliphatic imine (C=N–C) groups is 2. The lowest BCUT2D eigenvalue weighted by Gasteiger charge is -2.48. The summed E-state index contributed by atoms with van der Waals surface area (Å²) in [6, 6.07) is 2.20. The summed E-state index contributed by atoms with van der Waals surface area (Å²) in [6.07, 6.45) is -3.87. The number of phosphoric acid groups is 1. The topological polar surface area (TPSA) is 460 Å². The maximum absolute atomic E-state index is 14.4. The van der Waals surface area contributed by atoms with Crippen LogP contribution in [0, 0.1) is 59.2 Å². The Kier molecular flexibility index (Phi) is 19.7. The first-order valence-electron chi connectivity index (χ1n) is 30.7. The lowest BCUT2D eigenvalue weighted by Crippen LogP contribution is -2.56. The number of aromatic nitrogens is 2.